The second kappa shape index (κ2) is 17.4. The maximum atomic E-state index is 10.8. The molecule has 0 heterocycles. The van der Waals surface area contributed by atoms with Crippen molar-refractivity contribution in [2.75, 3.05) is 51.8 Å². The average molecular weight is 391 g/mol. The summed E-state index contributed by atoms with van der Waals surface area (Å²) in [5.41, 5.74) is 0. The van der Waals surface area contributed by atoms with E-state index >= 15 is 0 Å². The molecule has 0 aromatic rings. The van der Waals surface area contributed by atoms with Crippen molar-refractivity contribution < 1.29 is 51.5 Å². The Morgan fingerprint density at radius 1 is 0.962 bits per heavy atom. The molecule has 2 N–H and O–H groups in total. The summed E-state index contributed by atoms with van der Waals surface area (Å²) in [6, 6.07) is 0. The van der Waals surface area contributed by atoms with Gasteiger partial charge in [-0.3, -0.25) is 4.90 Å². The Hall–Kier alpha value is 0.307. The van der Waals surface area contributed by atoms with Crippen molar-refractivity contribution in [1.29, 1.82) is 0 Å². The number of unbranched alkanes of at least 4 members (excludes halogenated alkanes) is 2. The monoisotopic (exact) mass is 391 g/mol. The quantitative estimate of drug-likeness (QED) is 0.155. The largest absolute Gasteiger partial charge is 1.00 e. The van der Waals surface area contributed by atoms with Crippen molar-refractivity contribution in [3.63, 3.8) is 0 Å². The van der Waals surface area contributed by atoms with Gasteiger partial charge in [-0.2, -0.15) is 0 Å². The van der Waals surface area contributed by atoms with E-state index in [0.717, 1.165) is 25.7 Å². The van der Waals surface area contributed by atoms with Crippen molar-refractivity contribution in [3.05, 3.63) is 0 Å². The van der Waals surface area contributed by atoms with Crippen molar-refractivity contribution in [1.82, 2.24) is 4.90 Å². The normalized spacial score (nSPS) is 14.2. The summed E-state index contributed by atoms with van der Waals surface area (Å²) in [5, 5.41) is 20.0. The molecular formula is C16H34LiNO7S. The maximum absolute atomic E-state index is 10.8. The molecule has 0 rings (SSSR count). The number of hydrogen-bond donors (Lipinski definition) is 2. The molecule has 0 fully saturated rings. The summed E-state index contributed by atoms with van der Waals surface area (Å²) in [6.07, 6.45) is 2.15. The average Bonchev–Trinajstić information content (AvgIpc) is 2.53. The molecule has 26 heavy (non-hydrogen) atoms. The second-order valence-electron chi connectivity index (χ2n) is 6.19. The Kier molecular flexibility index (Phi) is 19.1. The minimum absolute atomic E-state index is 0. The fraction of sp³-hybridized carbons (Fsp3) is 1.00. The van der Waals surface area contributed by atoms with Gasteiger partial charge in [-0.1, -0.05) is 26.7 Å². The smallest absolute Gasteiger partial charge is 0.748 e. The van der Waals surface area contributed by atoms with Gasteiger partial charge in [0.1, 0.15) is 0 Å². The van der Waals surface area contributed by atoms with Gasteiger partial charge in [-0.05, 0) is 12.8 Å². The molecule has 0 aromatic carbocycles. The third-order valence-corrected chi connectivity index (χ3v) is 4.18. The van der Waals surface area contributed by atoms with E-state index in [4.69, 9.17) is 9.47 Å². The molecule has 0 amide bonds. The second-order valence-corrected chi connectivity index (χ2v) is 7.71. The first-order valence-electron chi connectivity index (χ1n) is 8.96. The molecule has 0 radical (unpaired) electrons. The fourth-order valence-corrected chi connectivity index (χ4v) is 2.61. The Morgan fingerprint density at radius 3 is 1.73 bits per heavy atom. The van der Waals surface area contributed by atoms with E-state index in [2.05, 4.69) is 0 Å². The molecule has 0 aromatic heterocycles. The van der Waals surface area contributed by atoms with Crippen molar-refractivity contribution in [2.24, 2.45) is 0 Å². The summed E-state index contributed by atoms with van der Waals surface area (Å²) in [5.74, 6) is -0.570. The summed E-state index contributed by atoms with van der Waals surface area (Å²) in [6.45, 7) is 5.62. The Bertz CT molecular complexity index is 391. The number of rotatable bonds is 17. The summed E-state index contributed by atoms with van der Waals surface area (Å²) in [4.78, 5) is 1.55. The maximum Gasteiger partial charge on any atom is 1.00 e. The molecule has 0 aliphatic heterocycles. The number of aliphatic hydroxyl groups excluding tert-OH is 2. The van der Waals surface area contributed by atoms with E-state index < -0.39 is 28.1 Å². The first-order chi connectivity index (χ1) is 11.8. The van der Waals surface area contributed by atoms with E-state index in [1.165, 1.54) is 0 Å². The molecule has 0 spiro atoms. The molecule has 2 atom stereocenters. The van der Waals surface area contributed by atoms with Gasteiger partial charge in [0, 0.05) is 32.8 Å². The van der Waals surface area contributed by atoms with E-state index in [9.17, 15) is 23.2 Å². The summed E-state index contributed by atoms with van der Waals surface area (Å²) >= 11 is 0. The predicted octanol–water partition coefficient (Wildman–Crippen LogP) is -2.81. The Morgan fingerprint density at radius 2 is 1.38 bits per heavy atom. The molecule has 2 unspecified atom stereocenters. The van der Waals surface area contributed by atoms with Gasteiger partial charge in [-0.15, -0.1) is 0 Å². The summed E-state index contributed by atoms with van der Waals surface area (Å²) in [7, 11) is -4.36. The van der Waals surface area contributed by atoms with Gasteiger partial charge < -0.3 is 24.2 Å². The third-order valence-electron chi connectivity index (χ3n) is 3.50. The fourth-order valence-electron chi connectivity index (χ4n) is 2.13. The first kappa shape index (κ1) is 28.5. The van der Waals surface area contributed by atoms with Crippen LogP contribution in [-0.2, 0) is 19.6 Å². The summed E-state index contributed by atoms with van der Waals surface area (Å²) < 4.78 is 43.2. The number of nitrogens with zero attached hydrogens (tertiary/aromatic N) is 1. The molecule has 0 aliphatic rings. The van der Waals surface area contributed by atoms with Crippen LogP contribution in [0.15, 0.2) is 0 Å². The molecule has 0 aliphatic carbocycles. The first-order valence-corrected chi connectivity index (χ1v) is 10.5. The molecule has 0 saturated carbocycles. The van der Waals surface area contributed by atoms with Crippen LogP contribution in [0.1, 0.15) is 39.5 Å². The molecule has 0 saturated heterocycles. The number of hydrogen-bond acceptors (Lipinski definition) is 8. The zero-order valence-corrected chi connectivity index (χ0v) is 17.2. The van der Waals surface area contributed by atoms with Crippen molar-refractivity contribution >= 4 is 10.1 Å². The van der Waals surface area contributed by atoms with E-state index in [1.807, 2.05) is 13.8 Å². The van der Waals surface area contributed by atoms with Gasteiger partial charge in [0.2, 0.25) is 0 Å². The van der Waals surface area contributed by atoms with Crippen LogP contribution in [-0.4, -0.2) is 92.1 Å². The molecular weight excluding hydrogens is 357 g/mol. The van der Waals surface area contributed by atoms with Crippen LogP contribution in [0.2, 0.25) is 0 Å². The van der Waals surface area contributed by atoms with Crippen LogP contribution >= 0.6 is 0 Å². The van der Waals surface area contributed by atoms with E-state index in [0.29, 0.717) is 13.2 Å². The minimum Gasteiger partial charge on any atom is -0.748 e. The number of ether oxygens (including phenoxy) is 2. The molecule has 8 nitrogen and oxygen atoms in total. The standard InChI is InChI=1S/C16H35NO7S.Li/c1-3-5-8-23-13-15(18)11-17(7-10-25(20,21)22)12-16(19)14-24-9-6-4-2;/h15-16,18-19H,3-14H2,1-2H3,(H,20,21,22);/q;+1/p-1. The minimum atomic E-state index is -4.36. The Labute approximate surface area is 170 Å². The van der Waals surface area contributed by atoms with Gasteiger partial charge in [0.15, 0.2) is 0 Å². The van der Waals surface area contributed by atoms with Gasteiger partial charge in [0.25, 0.3) is 0 Å². The number of aliphatic hydroxyl groups is 2. The SMILES string of the molecule is CCCCOCC(O)CN(CCS(=O)(=O)[O-])CC(O)COCCCC.[Li+]. The van der Waals surface area contributed by atoms with Crippen LogP contribution in [0.3, 0.4) is 0 Å². The van der Waals surface area contributed by atoms with Gasteiger partial charge in [-0.25, -0.2) is 8.42 Å². The van der Waals surface area contributed by atoms with Crippen LogP contribution in [0, 0.1) is 0 Å². The predicted molar refractivity (Wildman–Crippen MR) is 94.5 cm³/mol. The van der Waals surface area contributed by atoms with Crippen molar-refractivity contribution in [2.45, 2.75) is 51.7 Å². The van der Waals surface area contributed by atoms with Crippen LogP contribution in [0.4, 0.5) is 0 Å². The van der Waals surface area contributed by atoms with Gasteiger partial charge >= 0.3 is 18.9 Å². The van der Waals surface area contributed by atoms with E-state index in [1.54, 1.807) is 4.90 Å². The molecule has 10 heteroatoms. The zero-order chi connectivity index (χ0) is 19.1. The van der Waals surface area contributed by atoms with Crippen LogP contribution in [0.25, 0.3) is 0 Å². The van der Waals surface area contributed by atoms with Gasteiger partial charge in [0.05, 0.1) is 41.3 Å². The topological polar surface area (TPSA) is 119 Å². The van der Waals surface area contributed by atoms with Crippen LogP contribution in [0.5, 0.6) is 0 Å². The van der Waals surface area contributed by atoms with E-state index in [-0.39, 0.29) is 51.7 Å². The third kappa shape index (κ3) is 19.1. The van der Waals surface area contributed by atoms with Crippen molar-refractivity contribution in [3.8, 4) is 0 Å². The Balaban J connectivity index is 0. The zero-order valence-electron chi connectivity index (χ0n) is 16.4. The molecule has 0 bridgehead atoms. The molecule has 152 valence electrons. The van der Waals surface area contributed by atoms with Crippen LogP contribution < -0.4 is 18.9 Å².